The van der Waals surface area contributed by atoms with Crippen molar-refractivity contribution in [2.75, 3.05) is 6.61 Å². The topological polar surface area (TPSA) is 25.0 Å². The van der Waals surface area contributed by atoms with E-state index >= 15 is 0 Å². The average molecular weight is 249 g/mol. The van der Waals surface area contributed by atoms with Crippen LogP contribution in [-0.4, -0.2) is 11.6 Å². The molecule has 0 bridgehead atoms. The monoisotopic (exact) mass is 249 g/mol. The quantitative estimate of drug-likeness (QED) is 0.696. The van der Waals surface area contributed by atoms with Gasteiger partial charge in [-0.3, -0.25) is 0 Å². The van der Waals surface area contributed by atoms with Gasteiger partial charge in [-0.25, -0.2) is 0 Å². The molecule has 2 heteroatoms. The summed E-state index contributed by atoms with van der Waals surface area (Å²) >= 11 is 0. The SMILES string of the molecule is c1ccc([C@@H]2OCCc3c2[nH]c2ccccc32)cc1. The number of benzene rings is 2. The van der Waals surface area contributed by atoms with Crippen molar-refractivity contribution >= 4 is 10.9 Å². The fourth-order valence-electron chi connectivity index (χ4n) is 2.97. The van der Waals surface area contributed by atoms with Crippen LogP contribution in [0.15, 0.2) is 54.6 Å². The van der Waals surface area contributed by atoms with Gasteiger partial charge in [0.1, 0.15) is 6.10 Å². The molecule has 2 aromatic carbocycles. The molecule has 2 heterocycles. The first-order valence-corrected chi connectivity index (χ1v) is 6.69. The van der Waals surface area contributed by atoms with Crippen LogP contribution in [0.2, 0.25) is 0 Å². The Morgan fingerprint density at radius 3 is 2.63 bits per heavy atom. The Bertz CT molecular complexity index is 714. The predicted molar refractivity (Wildman–Crippen MR) is 76.2 cm³/mol. The minimum atomic E-state index is 0.0392. The van der Waals surface area contributed by atoms with Gasteiger partial charge in [0.15, 0.2) is 0 Å². The Balaban J connectivity index is 1.91. The molecule has 0 radical (unpaired) electrons. The third-order valence-corrected chi connectivity index (χ3v) is 3.85. The number of H-pyrrole nitrogens is 1. The molecule has 0 amide bonds. The zero-order chi connectivity index (χ0) is 12.7. The number of hydrogen-bond donors (Lipinski definition) is 1. The van der Waals surface area contributed by atoms with Crippen molar-refractivity contribution in [1.29, 1.82) is 0 Å². The molecule has 1 aromatic heterocycles. The van der Waals surface area contributed by atoms with Gasteiger partial charge in [-0.1, -0.05) is 48.5 Å². The Morgan fingerprint density at radius 1 is 0.947 bits per heavy atom. The van der Waals surface area contributed by atoms with Gasteiger partial charge in [0, 0.05) is 10.9 Å². The summed E-state index contributed by atoms with van der Waals surface area (Å²) in [6, 6.07) is 18.9. The number of fused-ring (bicyclic) bond motifs is 3. The molecule has 1 aliphatic rings. The van der Waals surface area contributed by atoms with Crippen LogP contribution < -0.4 is 0 Å². The van der Waals surface area contributed by atoms with Crippen molar-refractivity contribution in [2.45, 2.75) is 12.5 Å². The van der Waals surface area contributed by atoms with E-state index in [0.717, 1.165) is 13.0 Å². The van der Waals surface area contributed by atoms with Crippen LogP contribution >= 0.6 is 0 Å². The van der Waals surface area contributed by atoms with Gasteiger partial charge < -0.3 is 9.72 Å². The van der Waals surface area contributed by atoms with E-state index in [1.54, 1.807) is 0 Å². The molecule has 0 spiro atoms. The first kappa shape index (κ1) is 10.8. The summed E-state index contributed by atoms with van der Waals surface area (Å²) in [7, 11) is 0. The van der Waals surface area contributed by atoms with Gasteiger partial charge >= 0.3 is 0 Å². The molecule has 0 unspecified atom stereocenters. The number of hydrogen-bond acceptors (Lipinski definition) is 1. The molecule has 0 saturated carbocycles. The zero-order valence-corrected chi connectivity index (χ0v) is 10.6. The highest BCUT2D eigenvalue weighted by atomic mass is 16.5. The molecule has 1 atom stereocenters. The number of nitrogens with one attached hydrogen (secondary N) is 1. The molecule has 2 nitrogen and oxygen atoms in total. The smallest absolute Gasteiger partial charge is 0.123 e. The van der Waals surface area contributed by atoms with Crippen LogP contribution in [0.3, 0.4) is 0 Å². The van der Waals surface area contributed by atoms with Crippen molar-refractivity contribution in [3.05, 3.63) is 71.4 Å². The number of aromatic amines is 1. The molecule has 1 aliphatic heterocycles. The van der Waals surface area contributed by atoms with Gasteiger partial charge in [-0.15, -0.1) is 0 Å². The van der Waals surface area contributed by atoms with Gasteiger partial charge in [-0.05, 0) is 23.6 Å². The lowest BCUT2D eigenvalue weighted by Gasteiger charge is -2.23. The maximum Gasteiger partial charge on any atom is 0.123 e. The molecular formula is C17H15NO. The van der Waals surface area contributed by atoms with E-state index in [0.29, 0.717) is 0 Å². The Kier molecular flexibility index (Phi) is 2.42. The second kappa shape index (κ2) is 4.25. The van der Waals surface area contributed by atoms with Gasteiger partial charge in [0.05, 0.1) is 12.3 Å². The highest BCUT2D eigenvalue weighted by molar-refractivity contribution is 5.85. The lowest BCUT2D eigenvalue weighted by Crippen LogP contribution is -2.16. The molecule has 0 saturated heterocycles. The minimum Gasteiger partial charge on any atom is -0.367 e. The highest BCUT2D eigenvalue weighted by Crippen LogP contribution is 2.36. The zero-order valence-electron chi connectivity index (χ0n) is 10.6. The number of para-hydroxylation sites is 1. The molecule has 1 N–H and O–H groups in total. The molecule has 4 rings (SSSR count). The van der Waals surface area contributed by atoms with E-state index in [9.17, 15) is 0 Å². The van der Waals surface area contributed by atoms with E-state index in [2.05, 4.69) is 53.5 Å². The van der Waals surface area contributed by atoms with Gasteiger partial charge in [-0.2, -0.15) is 0 Å². The maximum absolute atomic E-state index is 5.99. The normalized spacial score (nSPS) is 18.4. The van der Waals surface area contributed by atoms with E-state index < -0.39 is 0 Å². The van der Waals surface area contributed by atoms with Crippen LogP contribution in [0, 0.1) is 0 Å². The van der Waals surface area contributed by atoms with Crippen LogP contribution in [0.25, 0.3) is 10.9 Å². The summed E-state index contributed by atoms with van der Waals surface area (Å²) in [6.45, 7) is 0.786. The fraction of sp³-hybridized carbons (Fsp3) is 0.176. The number of rotatable bonds is 1. The largest absolute Gasteiger partial charge is 0.367 e. The standard InChI is InChI=1S/C17H15NO/c1-2-6-12(7-3-1)17-16-14(10-11-19-17)13-8-4-5-9-15(13)18-16/h1-9,17-18H,10-11H2/t17-/m0/s1. The number of aromatic nitrogens is 1. The first-order valence-electron chi connectivity index (χ1n) is 6.69. The van der Waals surface area contributed by atoms with Gasteiger partial charge in [0.25, 0.3) is 0 Å². The molecule has 0 aliphatic carbocycles. The fourth-order valence-corrected chi connectivity index (χ4v) is 2.97. The van der Waals surface area contributed by atoms with Crippen molar-refractivity contribution in [3.8, 4) is 0 Å². The summed E-state index contributed by atoms with van der Waals surface area (Å²) < 4.78 is 5.99. The van der Waals surface area contributed by atoms with E-state index in [1.807, 2.05) is 6.07 Å². The molecule has 0 fully saturated rings. The van der Waals surface area contributed by atoms with E-state index in [-0.39, 0.29) is 6.10 Å². The molecule has 19 heavy (non-hydrogen) atoms. The summed E-state index contributed by atoms with van der Waals surface area (Å²) in [4.78, 5) is 3.54. The van der Waals surface area contributed by atoms with Crippen molar-refractivity contribution < 1.29 is 4.74 Å². The summed E-state index contributed by atoms with van der Waals surface area (Å²) in [5.41, 5.74) is 5.06. The Morgan fingerprint density at radius 2 is 1.74 bits per heavy atom. The Hall–Kier alpha value is -2.06. The van der Waals surface area contributed by atoms with Crippen LogP contribution in [0.5, 0.6) is 0 Å². The van der Waals surface area contributed by atoms with Gasteiger partial charge in [0.2, 0.25) is 0 Å². The Labute approximate surface area is 112 Å². The minimum absolute atomic E-state index is 0.0392. The van der Waals surface area contributed by atoms with Crippen molar-refractivity contribution in [2.24, 2.45) is 0 Å². The van der Waals surface area contributed by atoms with Crippen LogP contribution in [0.4, 0.5) is 0 Å². The molecular weight excluding hydrogens is 234 g/mol. The lowest BCUT2D eigenvalue weighted by atomic mass is 9.98. The first-order chi connectivity index (χ1) is 9.43. The predicted octanol–water partition coefficient (Wildman–Crippen LogP) is 3.83. The van der Waals surface area contributed by atoms with Crippen molar-refractivity contribution in [1.82, 2.24) is 4.98 Å². The molecule has 94 valence electrons. The van der Waals surface area contributed by atoms with E-state index in [1.165, 1.54) is 27.7 Å². The van der Waals surface area contributed by atoms with Crippen molar-refractivity contribution in [3.63, 3.8) is 0 Å². The van der Waals surface area contributed by atoms with E-state index in [4.69, 9.17) is 4.74 Å². The summed E-state index contributed by atoms with van der Waals surface area (Å²) in [5.74, 6) is 0. The third-order valence-electron chi connectivity index (χ3n) is 3.85. The maximum atomic E-state index is 5.99. The second-order valence-corrected chi connectivity index (χ2v) is 4.97. The third kappa shape index (κ3) is 1.68. The molecule has 3 aromatic rings. The lowest BCUT2D eigenvalue weighted by molar-refractivity contribution is 0.0677. The highest BCUT2D eigenvalue weighted by Gasteiger charge is 2.25. The second-order valence-electron chi connectivity index (χ2n) is 4.97. The number of ether oxygens (including phenoxy) is 1. The summed E-state index contributed by atoms with van der Waals surface area (Å²) in [6.07, 6.45) is 1.03. The van der Waals surface area contributed by atoms with Crippen LogP contribution in [0.1, 0.15) is 22.9 Å². The van der Waals surface area contributed by atoms with Crippen LogP contribution in [-0.2, 0) is 11.2 Å². The summed E-state index contributed by atoms with van der Waals surface area (Å²) in [5, 5.41) is 1.33. The average Bonchev–Trinajstić information content (AvgIpc) is 2.87.